The molecular formula is C18H28N4O2. The zero-order valence-corrected chi connectivity index (χ0v) is 14.6. The molecule has 2 atom stereocenters. The predicted octanol–water partition coefficient (Wildman–Crippen LogP) is 1.53. The molecule has 2 aliphatic rings. The fraction of sp³-hybridized carbons (Fsp3) is 0.722. The molecule has 132 valence electrons. The van der Waals surface area contributed by atoms with Crippen LogP contribution in [0.5, 0.6) is 0 Å². The van der Waals surface area contributed by atoms with Crippen LogP contribution in [-0.4, -0.2) is 28.2 Å². The van der Waals surface area contributed by atoms with E-state index in [1.54, 1.807) is 0 Å². The van der Waals surface area contributed by atoms with E-state index in [-0.39, 0.29) is 29.1 Å². The van der Waals surface area contributed by atoms with E-state index in [1.807, 2.05) is 13.8 Å². The number of amides is 1. The van der Waals surface area contributed by atoms with Gasteiger partial charge in [0.15, 0.2) is 0 Å². The molecule has 6 nitrogen and oxygen atoms in total. The van der Waals surface area contributed by atoms with Crippen LogP contribution in [0.1, 0.15) is 67.6 Å². The zero-order chi connectivity index (χ0) is 17.3. The van der Waals surface area contributed by atoms with Gasteiger partial charge in [0, 0.05) is 12.1 Å². The van der Waals surface area contributed by atoms with Gasteiger partial charge in [-0.2, -0.15) is 5.10 Å². The van der Waals surface area contributed by atoms with Crippen molar-refractivity contribution in [2.45, 2.75) is 70.9 Å². The van der Waals surface area contributed by atoms with Crippen LogP contribution in [0.4, 0.5) is 0 Å². The molecule has 0 aliphatic heterocycles. The molecule has 1 aromatic heterocycles. The molecule has 6 heteroatoms. The summed E-state index contributed by atoms with van der Waals surface area (Å²) >= 11 is 0. The standard InChI is InChI=1S/C18H28N4O2/c1-3-13-14(4-2)21-22-18(24)15(13)17(23)20-16-10-6-5-7-11(16)9-12(19)8-10/h10-12,16H,3-9,19H2,1-2H3,(H,20,23)(H,22,24). The van der Waals surface area contributed by atoms with Gasteiger partial charge in [-0.3, -0.25) is 9.59 Å². The van der Waals surface area contributed by atoms with Gasteiger partial charge in [0.2, 0.25) is 0 Å². The highest BCUT2D eigenvalue weighted by molar-refractivity contribution is 5.95. The van der Waals surface area contributed by atoms with Gasteiger partial charge in [-0.1, -0.05) is 20.3 Å². The number of hydrogen-bond donors (Lipinski definition) is 3. The smallest absolute Gasteiger partial charge is 0.277 e. The first-order valence-electron chi connectivity index (χ1n) is 9.21. The van der Waals surface area contributed by atoms with E-state index in [2.05, 4.69) is 15.5 Å². The Morgan fingerprint density at radius 2 is 1.92 bits per heavy atom. The third-order valence-corrected chi connectivity index (χ3v) is 5.76. The predicted molar refractivity (Wildman–Crippen MR) is 92.9 cm³/mol. The van der Waals surface area contributed by atoms with Gasteiger partial charge >= 0.3 is 0 Å². The molecule has 2 fully saturated rings. The third-order valence-electron chi connectivity index (χ3n) is 5.76. The number of rotatable bonds is 4. The van der Waals surface area contributed by atoms with Crippen molar-refractivity contribution in [1.82, 2.24) is 15.5 Å². The Labute approximate surface area is 142 Å². The molecule has 0 saturated heterocycles. The summed E-state index contributed by atoms with van der Waals surface area (Å²) in [6.45, 7) is 3.94. The average Bonchev–Trinajstić information content (AvgIpc) is 2.55. The van der Waals surface area contributed by atoms with Crippen molar-refractivity contribution < 1.29 is 4.79 Å². The van der Waals surface area contributed by atoms with Crippen molar-refractivity contribution in [3.8, 4) is 0 Å². The summed E-state index contributed by atoms with van der Waals surface area (Å²) in [5.74, 6) is 0.628. The van der Waals surface area contributed by atoms with Crippen molar-refractivity contribution in [2.24, 2.45) is 17.6 Å². The van der Waals surface area contributed by atoms with Crippen LogP contribution in [0.3, 0.4) is 0 Å². The van der Waals surface area contributed by atoms with Crippen molar-refractivity contribution in [2.75, 3.05) is 0 Å². The van der Waals surface area contributed by atoms with Gasteiger partial charge in [-0.05, 0) is 55.9 Å². The Bertz CT molecular complexity index is 655. The monoisotopic (exact) mass is 332 g/mol. The lowest BCUT2D eigenvalue weighted by atomic mass is 9.67. The molecule has 1 heterocycles. The minimum Gasteiger partial charge on any atom is -0.349 e. The molecule has 1 amide bonds. The van der Waals surface area contributed by atoms with Crippen molar-refractivity contribution in [1.29, 1.82) is 0 Å². The fourth-order valence-corrected chi connectivity index (χ4v) is 4.68. The molecule has 0 spiro atoms. The fourth-order valence-electron chi connectivity index (χ4n) is 4.68. The van der Waals surface area contributed by atoms with Crippen LogP contribution in [0.2, 0.25) is 0 Å². The largest absolute Gasteiger partial charge is 0.349 e. The maximum atomic E-state index is 12.9. The minimum atomic E-state index is -0.390. The van der Waals surface area contributed by atoms with E-state index in [9.17, 15) is 9.59 Å². The highest BCUT2D eigenvalue weighted by Gasteiger charge is 2.40. The lowest BCUT2D eigenvalue weighted by molar-refractivity contribution is 0.0753. The zero-order valence-electron chi connectivity index (χ0n) is 14.6. The molecule has 2 saturated carbocycles. The second-order valence-corrected chi connectivity index (χ2v) is 7.24. The SMILES string of the molecule is CCc1n[nH]c(=O)c(C(=O)NC2C3CCCC2CC(N)C3)c1CC. The van der Waals surface area contributed by atoms with E-state index in [1.165, 1.54) is 6.42 Å². The molecule has 0 radical (unpaired) electrons. The molecule has 3 rings (SSSR count). The number of H-pyrrole nitrogens is 1. The number of nitrogens with two attached hydrogens (primary N) is 1. The van der Waals surface area contributed by atoms with Crippen molar-refractivity contribution >= 4 is 5.91 Å². The topological polar surface area (TPSA) is 101 Å². The van der Waals surface area contributed by atoms with Gasteiger partial charge < -0.3 is 11.1 Å². The summed E-state index contributed by atoms with van der Waals surface area (Å²) in [6, 6.07) is 0.393. The first-order valence-corrected chi connectivity index (χ1v) is 9.21. The lowest BCUT2D eigenvalue weighted by Gasteiger charge is -2.45. The number of carbonyl (C=O) groups is 1. The van der Waals surface area contributed by atoms with Gasteiger partial charge in [0.1, 0.15) is 5.56 Å². The van der Waals surface area contributed by atoms with E-state index < -0.39 is 0 Å². The number of aromatic amines is 1. The van der Waals surface area contributed by atoms with Crippen LogP contribution in [0.15, 0.2) is 4.79 Å². The van der Waals surface area contributed by atoms with E-state index in [0.717, 1.165) is 36.9 Å². The molecule has 2 unspecified atom stereocenters. The van der Waals surface area contributed by atoms with Crippen LogP contribution in [0.25, 0.3) is 0 Å². The summed E-state index contributed by atoms with van der Waals surface area (Å²) in [5.41, 5.74) is 7.59. The Kier molecular flexibility index (Phi) is 5.04. The molecule has 1 aromatic rings. The average molecular weight is 332 g/mol. The summed E-state index contributed by atoms with van der Waals surface area (Å²) in [6.07, 6.45) is 6.70. The minimum absolute atomic E-state index is 0.147. The number of fused-ring (bicyclic) bond motifs is 2. The highest BCUT2D eigenvalue weighted by atomic mass is 16.2. The van der Waals surface area contributed by atoms with E-state index in [4.69, 9.17) is 5.73 Å². The third kappa shape index (κ3) is 3.11. The lowest BCUT2D eigenvalue weighted by Crippen LogP contribution is -2.54. The van der Waals surface area contributed by atoms with Gasteiger partial charge in [-0.25, -0.2) is 5.10 Å². The van der Waals surface area contributed by atoms with Gasteiger partial charge in [-0.15, -0.1) is 0 Å². The van der Waals surface area contributed by atoms with Crippen LogP contribution >= 0.6 is 0 Å². The van der Waals surface area contributed by atoms with Crippen LogP contribution in [-0.2, 0) is 12.8 Å². The summed E-state index contributed by atoms with van der Waals surface area (Å²) in [7, 11) is 0. The Morgan fingerprint density at radius 1 is 1.25 bits per heavy atom. The number of nitrogens with zero attached hydrogens (tertiary/aromatic N) is 1. The summed E-state index contributed by atoms with van der Waals surface area (Å²) < 4.78 is 0. The quantitative estimate of drug-likeness (QED) is 0.778. The maximum absolute atomic E-state index is 12.9. The molecule has 24 heavy (non-hydrogen) atoms. The second kappa shape index (κ2) is 7.05. The number of aryl methyl sites for hydroxylation is 1. The molecule has 2 aliphatic carbocycles. The van der Waals surface area contributed by atoms with Crippen molar-refractivity contribution in [3.05, 3.63) is 27.2 Å². The first kappa shape index (κ1) is 17.1. The summed E-state index contributed by atoms with van der Waals surface area (Å²) in [4.78, 5) is 25.2. The van der Waals surface area contributed by atoms with Gasteiger partial charge in [0.25, 0.3) is 11.5 Å². The van der Waals surface area contributed by atoms with Crippen LogP contribution in [0, 0.1) is 11.8 Å². The highest BCUT2D eigenvalue weighted by Crippen LogP contribution is 2.39. The normalized spacial score (nSPS) is 29.3. The van der Waals surface area contributed by atoms with Crippen molar-refractivity contribution in [3.63, 3.8) is 0 Å². The molecule has 4 N–H and O–H groups in total. The Hall–Kier alpha value is -1.69. The van der Waals surface area contributed by atoms with Gasteiger partial charge in [0.05, 0.1) is 5.69 Å². The second-order valence-electron chi connectivity index (χ2n) is 7.24. The molecular weight excluding hydrogens is 304 g/mol. The Morgan fingerprint density at radius 3 is 2.50 bits per heavy atom. The first-order chi connectivity index (χ1) is 11.5. The Balaban J connectivity index is 1.87. The number of carbonyl (C=O) groups excluding carboxylic acids is 1. The van der Waals surface area contributed by atoms with E-state index in [0.29, 0.717) is 24.7 Å². The molecule has 2 bridgehead atoms. The van der Waals surface area contributed by atoms with E-state index >= 15 is 0 Å². The number of hydrogen-bond acceptors (Lipinski definition) is 4. The summed E-state index contributed by atoms with van der Waals surface area (Å²) in [5, 5.41) is 9.76. The van der Waals surface area contributed by atoms with Crippen LogP contribution < -0.4 is 16.6 Å². The maximum Gasteiger partial charge on any atom is 0.277 e. The number of aromatic nitrogens is 2. The molecule has 0 aromatic carbocycles. The number of nitrogens with one attached hydrogen (secondary N) is 2.